The number of pyridine rings is 1. The quantitative estimate of drug-likeness (QED) is 0.782. The number of amides is 1. The van der Waals surface area contributed by atoms with Crippen molar-refractivity contribution in [2.75, 3.05) is 11.1 Å². The SMILES string of the molecule is Cc1nc2cc(NC(=O)CSCc3cccnc3)ccc2o1. The number of aryl methyl sites for hydroxylation is 1. The van der Waals surface area contributed by atoms with Crippen LogP contribution in [0.5, 0.6) is 0 Å². The normalized spacial score (nSPS) is 10.8. The van der Waals surface area contributed by atoms with Crippen molar-refractivity contribution in [2.24, 2.45) is 0 Å². The van der Waals surface area contributed by atoms with Gasteiger partial charge in [0.05, 0.1) is 5.75 Å². The molecule has 1 N–H and O–H groups in total. The average Bonchev–Trinajstić information content (AvgIpc) is 2.87. The van der Waals surface area contributed by atoms with Gasteiger partial charge in [0.2, 0.25) is 5.91 Å². The highest BCUT2D eigenvalue weighted by Crippen LogP contribution is 2.20. The van der Waals surface area contributed by atoms with Crippen molar-refractivity contribution < 1.29 is 9.21 Å². The van der Waals surface area contributed by atoms with E-state index in [4.69, 9.17) is 4.42 Å². The molecule has 0 atom stereocenters. The number of benzene rings is 1. The third kappa shape index (κ3) is 3.65. The third-order valence-electron chi connectivity index (χ3n) is 3.00. The molecular weight excluding hydrogens is 298 g/mol. The van der Waals surface area contributed by atoms with Crippen LogP contribution in [0.25, 0.3) is 11.1 Å². The Labute approximate surface area is 132 Å². The molecule has 0 aliphatic carbocycles. The molecule has 1 aromatic carbocycles. The summed E-state index contributed by atoms with van der Waals surface area (Å²) in [5.74, 6) is 1.74. The number of fused-ring (bicyclic) bond motifs is 1. The van der Waals surface area contributed by atoms with Gasteiger partial charge in [-0.25, -0.2) is 4.98 Å². The Morgan fingerprint density at radius 1 is 1.36 bits per heavy atom. The number of oxazole rings is 1. The number of nitrogens with zero attached hydrogens (tertiary/aromatic N) is 2. The Morgan fingerprint density at radius 3 is 3.09 bits per heavy atom. The third-order valence-corrected chi connectivity index (χ3v) is 4.01. The molecule has 0 bridgehead atoms. The molecule has 0 spiro atoms. The van der Waals surface area contributed by atoms with E-state index in [-0.39, 0.29) is 5.91 Å². The summed E-state index contributed by atoms with van der Waals surface area (Å²) in [4.78, 5) is 20.3. The molecule has 0 aliphatic heterocycles. The van der Waals surface area contributed by atoms with Gasteiger partial charge in [-0.3, -0.25) is 9.78 Å². The van der Waals surface area contributed by atoms with Gasteiger partial charge in [0, 0.05) is 30.8 Å². The lowest BCUT2D eigenvalue weighted by molar-refractivity contribution is -0.113. The van der Waals surface area contributed by atoms with Crippen LogP contribution in [0.2, 0.25) is 0 Å². The first-order valence-electron chi connectivity index (χ1n) is 6.84. The van der Waals surface area contributed by atoms with Crippen molar-refractivity contribution in [3.8, 4) is 0 Å². The van der Waals surface area contributed by atoms with Crippen molar-refractivity contribution in [1.82, 2.24) is 9.97 Å². The average molecular weight is 313 g/mol. The van der Waals surface area contributed by atoms with Crippen LogP contribution < -0.4 is 5.32 Å². The van der Waals surface area contributed by atoms with Crippen LogP contribution in [0.4, 0.5) is 5.69 Å². The van der Waals surface area contributed by atoms with E-state index in [1.807, 2.05) is 36.5 Å². The molecule has 22 heavy (non-hydrogen) atoms. The number of anilines is 1. The predicted molar refractivity (Wildman–Crippen MR) is 87.8 cm³/mol. The fraction of sp³-hybridized carbons (Fsp3) is 0.188. The summed E-state index contributed by atoms with van der Waals surface area (Å²) in [5, 5.41) is 2.87. The molecule has 2 heterocycles. The van der Waals surface area contributed by atoms with Crippen molar-refractivity contribution in [3.05, 3.63) is 54.2 Å². The second kappa shape index (κ2) is 6.62. The predicted octanol–water partition coefficient (Wildman–Crippen LogP) is 3.40. The van der Waals surface area contributed by atoms with Crippen molar-refractivity contribution in [3.63, 3.8) is 0 Å². The maximum atomic E-state index is 12.0. The van der Waals surface area contributed by atoms with Crippen molar-refractivity contribution in [2.45, 2.75) is 12.7 Å². The number of hydrogen-bond acceptors (Lipinski definition) is 5. The second-order valence-electron chi connectivity index (χ2n) is 4.82. The summed E-state index contributed by atoms with van der Waals surface area (Å²) in [6.07, 6.45) is 3.55. The lowest BCUT2D eigenvalue weighted by Gasteiger charge is -2.05. The van der Waals surface area contributed by atoms with Crippen molar-refractivity contribution in [1.29, 1.82) is 0 Å². The van der Waals surface area contributed by atoms with Gasteiger partial charge in [-0.2, -0.15) is 0 Å². The molecule has 0 unspecified atom stereocenters. The minimum Gasteiger partial charge on any atom is -0.441 e. The Bertz CT molecular complexity index is 786. The first kappa shape index (κ1) is 14.6. The molecule has 0 fully saturated rings. The Balaban J connectivity index is 1.54. The number of carbonyl (C=O) groups excluding carboxylic acids is 1. The topological polar surface area (TPSA) is 68.0 Å². The zero-order valence-corrected chi connectivity index (χ0v) is 12.9. The van der Waals surface area contributed by atoms with Crippen LogP contribution >= 0.6 is 11.8 Å². The van der Waals surface area contributed by atoms with Crippen LogP contribution in [0.15, 0.2) is 47.1 Å². The zero-order valence-electron chi connectivity index (χ0n) is 12.1. The summed E-state index contributed by atoms with van der Waals surface area (Å²) in [5.41, 5.74) is 3.31. The molecule has 1 amide bonds. The summed E-state index contributed by atoms with van der Waals surface area (Å²) < 4.78 is 5.41. The van der Waals surface area contributed by atoms with Gasteiger partial charge in [0.25, 0.3) is 0 Å². The Hall–Kier alpha value is -2.34. The number of hydrogen-bond donors (Lipinski definition) is 1. The first-order chi connectivity index (χ1) is 10.7. The summed E-state index contributed by atoms with van der Waals surface area (Å²) in [6.45, 7) is 1.80. The molecule has 2 aromatic heterocycles. The van der Waals surface area contributed by atoms with Crippen LogP contribution in [0, 0.1) is 6.92 Å². The van der Waals surface area contributed by atoms with E-state index in [1.165, 1.54) is 0 Å². The Morgan fingerprint density at radius 2 is 2.27 bits per heavy atom. The summed E-state index contributed by atoms with van der Waals surface area (Å²) in [6, 6.07) is 9.34. The lowest BCUT2D eigenvalue weighted by Crippen LogP contribution is -2.14. The maximum Gasteiger partial charge on any atom is 0.234 e. The van der Waals surface area contributed by atoms with Gasteiger partial charge in [-0.1, -0.05) is 6.07 Å². The molecule has 5 nitrogen and oxygen atoms in total. The fourth-order valence-corrected chi connectivity index (χ4v) is 2.83. The van der Waals surface area contributed by atoms with Gasteiger partial charge in [-0.05, 0) is 29.8 Å². The van der Waals surface area contributed by atoms with E-state index < -0.39 is 0 Å². The zero-order chi connectivity index (χ0) is 15.4. The van der Waals surface area contributed by atoms with E-state index in [0.29, 0.717) is 11.6 Å². The molecule has 6 heteroatoms. The van der Waals surface area contributed by atoms with Gasteiger partial charge in [-0.15, -0.1) is 11.8 Å². The number of rotatable bonds is 5. The lowest BCUT2D eigenvalue weighted by atomic mass is 10.3. The monoisotopic (exact) mass is 313 g/mol. The molecule has 0 saturated heterocycles. The minimum absolute atomic E-state index is 0.0338. The minimum atomic E-state index is -0.0338. The van der Waals surface area contributed by atoms with Gasteiger partial charge in [0.15, 0.2) is 11.5 Å². The second-order valence-corrected chi connectivity index (χ2v) is 5.80. The standard InChI is InChI=1S/C16H15N3O2S/c1-11-18-14-7-13(4-5-15(14)21-11)19-16(20)10-22-9-12-3-2-6-17-8-12/h2-8H,9-10H2,1H3,(H,19,20). The smallest absolute Gasteiger partial charge is 0.234 e. The van der Waals surface area contributed by atoms with E-state index >= 15 is 0 Å². The van der Waals surface area contributed by atoms with Crippen LogP contribution in [-0.2, 0) is 10.5 Å². The van der Waals surface area contributed by atoms with Gasteiger partial charge >= 0.3 is 0 Å². The molecule has 3 rings (SSSR count). The first-order valence-corrected chi connectivity index (χ1v) is 8.00. The molecule has 0 radical (unpaired) electrons. The summed E-state index contributed by atoms with van der Waals surface area (Å²) in [7, 11) is 0. The molecule has 112 valence electrons. The number of carbonyl (C=O) groups is 1. The maximum absolute atomic E-state index is 12.0. The summed E-state index contributed by atoms with van der Waals surface area (Å²) >= 11 is 1.56. The van der Waals surface area contributed by atoms with Gasteiger partial charge < -0.3 is 9.73 Å². The highest BCUT2D eigenvalue weighted by molar-refractivity contribution is 7.99. The molecule has 0 saturated carbocycles. The van der Waals surface area contributed by atoms with E-state index in [9.17, 15) is 4.79 Å². The van der Waals surface area contributed by atoms with E-state index in [2.05, 4.69) is 15.3 Å². The van der Waals surface area contributed by atoms with Crippen molar-refractivity contribution >= 4 is 34.5 Å². The number of thioether (sulfide) groups is 1. The van der Waals surface area contributed by atoms with Crippen LogP contribution in [0.1, 0.15) is 11.5 Å². The highest BCUT2D eigenvalue weighted by atomic mass is 32.2. The van der Waals surface area contributed by atoms with E-state index in [1.54, 1.807) is 24.9 Å². The molecule has 0 aliphatic rings. The van der Waals surface area contributed by atoms with Crippen LogP contribution in [0.3, 0.4) is 0 Å². The number of aromatic nitrogens is 2. The van der Waals surface area contributed by atoms with Crippen LogP contribution in [-0.4, -0.2) is 21.6 Å². The number of nitrogens with one attached hydrogen (secondary N) is 1. The molecule has 3 aromatic rings. The highest BCUT2D eigenvalue weighted by Gasteiger charge is 2.06. The van der Waals surface area contributed by atoms with E-state index in [0.717, 1.165) is 28.1 Å². The van der Waals surface area contributed by atoms with Gasteiger partial charge in [0.1, 0.15) is 5.52 Å². The fourth-order valence-electron chi connectivity index (χ4n) is 2.06. The Kier molecular flexibility index (Phi) is 4.39. The molecular formula is C16H15N3O2S. The largest absolute Gasteiger partial charge is 0.441 e.